The normalized spacial score (nSPS) is 20.4. The number of halogens is 1. The lowest BCUT2D eigenvalue weighted by molar-refractivity contribution is 0.543. The number of imidazole rings is 1. The zero-order valence-electron chi connectivity index (χ0n) is 9.87. The highest BCUT2D eigenvalue weighted by Crippen LogP contribution is 2.26. The number of nitrogens with zero attached hydrogens (tertiary/aromatic N) is 2. The Morgan fingerprint density at radius 3 is 3.16 bits per heavy atom. The number of aromatic nitrogens is 2. The molecule has 0 aliphatic carbocycles. The lowest BCUT2D eigenvalue weighted by atomic mass is 10.1. The van der Waals surface area contributed by atoms with Gasteiger partial charge in [0.25, 0.3) is 10.0 Å². The second kappa shape index (κ2) is 5.25. The van der Waals surface area contributed by atoms with Crippen molar-refractivity contribution < 1.29 is 8.42 Å². The highest BCUT2D eigenvalue weighted by molar-refractivity contribution is 7.99. The summed E-state index contributed by atoms with van der Waals surface area (Å²) in [6.45, 7) is 0.461. The van der Waals surface area contributed by atoms with Gasteiger partial charge in [-0.05, 0) is 23.8 Å². The predicted molar refractivity (Wildman–Crippen MR) is 78.7 cm³/mol. The number of rotatable bonds is 4. The minimum atomic E-state index is -3.62. The van der Waals surface area contributed by atoms with Crippen molar-refractivity contribution in [1.82, 2.24) is 14.1 Å². The van der Waals surface area contributed by atoms with Crippen LogP contribution >= 0.6 is 34.7 Å². The number of hydrogen-bond acceptors (Lipinski definition) is 5. The van der Waals surface area contributed by atoms with Gasteiger partial charge in [-0.25, -0.2) is 18.1 Å². The van der Waals surface area contributed by atoms with Crippen molar-refractivity contribution >= 4 is 49.7 Å². The molecule has 1 saturated heterocycles. The summed E-state index contributed by atoms with van der Waals surface area (Å²) >= 11 is 9.15. The van der Waals surface area contributed by atoms with Gasteiger partial charge in [0, 0.05) is 18.1 Å². The zero-order chi connectivity index (χ0) is 13.5. The molecule has 3 rings (SSSR count). The van der Waals surface area contributed by atoms with Crippen LogP contribution in [0.2, 0.25) is 5.15 Å². The Kier molecular flexibility index (Phi) is 3.78. The average Bonchev–Trinajstić information content (AvgIpc) is 3.01. The molecule has 5 nitrogen and oxygen atoms in total. The van der Waals surface area contributed by atoms with Crippen molar-refractivity contribution in [3.63, 3.8) is 0 Å². The van der Waals surface area contributed by atoms with Gasteiger partial charge in [-0.1, -0.05) is 11.6 Å². The second-order valence-corrected chi connectivity index (χ2v) is 8.41. The van der Waals surface area contributed by atoms with E-state index in [-0.39, 0.29) is 10.2 Å². The number of hydrogen-bond donors (Lipinski definition) is 1. The fourth-order valence-electron chi connectivity index (χ4n) is 2.02. The van der Waals surface area contributed by atoms with Crippen LogP contribution in [0, 0.1) is 5.92 Å². The molecule has 0 spiro atoms. The molecule has 1 fully saturated rings. The Balaban J connectivity index is 1.86. The SMILES string of the molecule is O=S(=O)(NCC1CCSC1)c1c(Cl)nc2sccn12. The van der Waals surface area contributed by atoms with E-state index in [1.807, 2.05) is 11.8 Å². The minimum absolute atomic E-state index is 0.0279. The smallest absolute Gasteiger partial charge is 0.259 e. The number of thiazole rings is 1. The largest absolute Gasteiger partial charge is 0.279 e. The number of fused-ring (bicyclic) bond motifs is 1. The number of sulfonamides is 1. The molecule has 9 heteroatoms. The van der Waals surface area contributed by atoms with Gasteiger partial charge in [0.15, 0.2) is 15.1 Å². The number of nitrogens with one attached hydrogen (secondary N) is 1. The van der Waals surface area contributed by atoms with E-state index in [4.69, 9.17) is 11.6 Å². The molecule has 0 radical (unpaired) electrons. The van der Waals surface area contributed by atoms with Crippen LogP contribution in [0.3, 0.4) is 0 Å². The highest BCUT2D eigenvalue weighted by Gasteiger charge is 2.26. The maximum Gasteiger partial charge on any atom is 0.259 e. The van der Waals surface area contributed by atoms with Crippen molar-refractivity contribution in [2.75, 3.05) is 18.1 Å². The topological polar surface area (TPSA) is 63.5 Å². The van der Waals surface area contributed by atoms with E-state index < -0.39 is 10.0 Å². The quantitative estimate of drug-likeness (QED) is 0.927. The van der Waals surface area contributed by atoms with Crippen LogP contribution in [0.1, 0.15) is 6.42 Å². The van der Waals surface area contributed by atoms with Crippen molar-refractivity contribution in [1.29, 1.82) is 0 Å². The Morgan fingerprint density at radius 2 is 2.42 bits per heavy atom. The standard InChI is InChI=1S/C10H12ClN3O2S3/c11-8-9(14-2-4-18-10(14)13-8)19(15,16)12-5-7-1-3-17-6-7/h2,4,7,12H,1,3,5-6H2. The first-order valence-electron chi connectivity index (χ1n) is 5.76. The molecular formula is C10H12ClN3O2S3. The summed E-state index contributed by atoms with van der Waals surface area (Å²) in [6, 6.07) is 0. The molecule has 1 aliphatic rings. The fraction of sp³-hybridized carbons (Fsp3) is 0.500. The molecule has 1 N–H and O–H groups in total. The van der Waals surface area contributed by atoms with E-state index in [9.17, 15) is 8.42 Å². The molecular weight excluding hydrogens is 326 g/mol. The van der Waals surface area contributed by atoms with Crippen LogP contribution in [0.15, 0.2) is 16.6 Å². The Hall–Kier alpha value is -0.280. The van der Waals surface area contributed by atoms with Gasteiger partial charge in [-0.15, -0.1) is 11.3 Å². The molecule has 1 aliphatic heterocycles. The third kappa shape index (κ3) is 2.64. The zero-order valence-corrected chi connectivity index (χ0v) is 13.1. The van der Waals surface area contributed by atoms with E-state index in [0.29, 0.717) is 17.4 Å². The summed E-state index contributed by atoms with van der Waals surface area (Å²) in [5.74, 6) is 2.52. The van der Waals surface area contributed by atoms with Crippen molar-refractivity contribution in [3.8, 4) is 0 Å². The fourth-order valence-corrected chi connectivity index (χ4v) is 5.87. The first kappa shape index (κ1) is 13.7. The van der Waals surface area contributed by atoms with Crippen LogP contribution in [0.4, 0.5) is 0 Å². The third-order valence-corrected chi connectivity index (χ3v) is 6.83. The molecule has 19 heavy (non-hydrogen) atoms. The molecule has 0 saturated carbocycles. The molecule has 0 bridgehead atoms. The summed E-state index contributed by atoms with van der Waals surface area (Å²) in [5, 5.41) is 1.85. The van der Waals surface area contributed by atoms with Gasteiger partial charge < -0.3 is 0 Å². The molecule has 3 heterocycles. The van der Waals surface area contributed by atoms with Crippen molar-refractivity contribution in [2.24, 2.45) is 5.92 Å². The summed E-state index contributed by atoms with van der Waals surface area (Å²) < 4.78 is 28.8. The van der Waals surface area contributed by atoms with Crippen molar-refractivity contribution in [3.05, 3.63) is 16.7 Å². The third-order valence-electron chi connectivity index (χ3n) is 3.02. The maximum atomic E-state index is 12.3. The number of thioether (sulfide) groups is 1. The molecule has 0 aromatic carbocycles. The average molecular weight is 338 g/mol. The van der Waals surface area contributed by atoms with Crippen LogP contribution in [-0.4, -0.2) is 35.9 Å². The summed E-state index contributed by atoms with van der Waals surface area (Å²) in [5.41, 5.74) is 0. The van der Waals surface area contributed by atoms with Gasteiger partial charge in [-0.2, -0.15) is 11.8 Å². The van der Waals surface area contributed by atoms with Crippen LogP contribution < -0.4 is 4.72 Å². The van der Waals surface area contributed by atoms with E-state index in [1.54, 1.807) is 11.6 Å². The molecule has 0 amide bonds. The Morgan fingerprint density at radius 1 is 1.58 bits per heavy atom. The molecule has 2 aromatic heterocycles. The van der Waals surface area contributed by atoms with E-state index in [1.165, 1.54) is 15.7 Å². The van der Waals surface area contributed by atoms with Crippen LogP contribution in [0.25, 0.3) is 4.96 Å². The molecule has 104 valence electrons. The first-order chi connectivity index (χ1) is 9.08. The molecule has 2 aromatic rings. The summed E-state index contributed by atoms with van der Waals surface area (Å²) in [6.07, 6.45) is 2.72. The predicted octanol–water partition coefficient (Wildman–Crippen LogP) is 2.08. The van der Waals surface area contributed by atoms with E-state index in [0.717, 1.165) is 17.9 Å². The van der Waals surface area contributed by atoms with Gasteiger partial charge in [0.2, 0.25) is 0 Å². The minimum Gasteiger partial charge on any atom is -0.279 e. The molecule has 1 atom stereocenters. The van der Waals surface area contributed by atoms with E-state index >= 15 is 0 Å². The van der Waals surface area contributed by atoms with E-state index in [2.05, 4.69) is 9.71 Å². The second-order valence-electron chi connectivity index (χ2n) is 4.34. The van der Waals surface area contributed by atoms with Crippen LogP contribution in [-0.2, 0) is 10.0 Å². The monoisotopic (exact) mass is 337 g/mol. The van der Waals surface area contributed by atoms with Crippen molar-refractivity contribution in [2.45, 2.75) is 11.4 Å². The first-order valence-corrected chi connectivity index (χ1v) is 9.66. The lowest BCUT2D eigenvalue weighted by Gasteiger charge is -2.10. The highest BCUT2D eigenvalue weighted by atomic mass is 35.5. The van der Waals surface area contributed by atoms with Gasteiger partial charge in [0.1, 0.15) is 0 Å². The lowest BCUT2D eigenvalue weighted by Crippen LogP contribution is -2.30. The Bertz CT molecular complexity index is 688. The summed E-state index contributed by atoms with van der Waals surface area (Å²) in [4.78, 5) is 4.63. The van der Waals surface area contributed by atoms with Gasteiger partial charge in [-0.3, -0.25) is 4.40 Å². The van der Waals surface area contributed by atoms with Gasteiger partial charge >= 0.3 is 0 Å². The maximum absolute atomic E-state index is 12.3. The Labute approximate surface area is 124 Å². The van der Waals surface area contributed by atoms with Gasteiger partial charge in [0.05, 0.1) is 0 Å². The summed E-state index contributed by atoms with van der Waals surface area (Å²) in [7, 11) is -3.62. The van der Waals surface area contributed by atoms with Crippen LogP contribution in [0.5, 0.6) is 0 Å². The molecule has 1 unspecified atom stereocenters.